The van der Waals surface area contributed by atoms with Crippen LogP contribution in [0.3, 0.4) is 0 Å². The average Bonchev–Trinajstić information content (AvgIpc) is 3.69. The average molecular weight is 775 g/mol. The summed E-state index contributed by atoms with van der Waals surface area (Å²) < 4.78 is 12.5. The number of anilines is 2. The molecule has 4 aromatic rings. The number of carbonyl (C=O) groups excluding carboxylic acids is 2. The molecule has 0 aromatic heterocycles. The van der Waals surface area contributed by atoms with Gasteiger partial charge in [0.15, 0.2) is 0 Å². The highest BCUT2D eigenvalue weighted by Crippen LogP contribution is 2.47. The first-order valence-electron chi connectivity index (χ1n) is 20.3. The molecule has 10 heteroatoms. The predicted octanol–water partition coefficient (Wildman–Crippen LogP) is 6.36. The molecule has 4 aromatic carbocycles. The highest BCUT2D eigenvalue weighted by atomic mass is 28.3. The van der Waals surface area contributed by atoms with Crippen LogP contribution >= 0.6 is 0 Å². The summed E-state index contributed by atoms with van der Waals surface area (Å²) in [4.78, 5) is 34.5. The molecule has 2 N–H and O–H groups in total. The van der Waals surface area contributed by atoms with Crippen LogP contribution in [0.2, 0.25) is 18.6 Å². The highest BCUT2D eigenvalue weighted by molar-refractivity contribution is 6.91. The van der Waals surface area contributed by atoms with Gasteiger partial charge in [0.25, 0.3) is 5.91 Å². The Bertz CT molecular complexity index is 1920. The number of nitrogens with one attached hydrogen (secondary N) is 1. The summed E-state index contributed by atoms with van der Waals surface area (Å²) in [5.74, 6) is 1.23. The lowest BCUT2D eigenvalue weighted by Crippen LogP contribution is -2.55. The Kier molecular flexibility index (Phi) is 12.3. The summed E-state index contributed by atoms with van der Waals surface area (Å²) >= 11 is 0. The Morgan fingerprint density at radius 1 is 0.911 bits per heavy atom. The minimum atomic E-state index is -2.20. The first-order valence-corrected chi connectivity index (χ1v) is 23.4. The number of ether oxygens (including phenoxy) is 2. The minimum absolute atomic E-state index is 0.00401. The van der Waals surface area contributed by atoms with Crippen LogP contribution in [0.4, 0.5) is 11.4 Å². The van der Waals surface area contributed by atoms with Gasteiger partial charge in [0.2, 0.25) is 5.91 Å². The van der Waals surface area contributed by atoms with Crippen molar-refractivity contribution in [3.63, 3.8) is 0 Å². The third-order valence-corrected chi connectivity index (χ3v) is 17.2. The molecule has 0 unspecified atom stereocenters. The number of methoxy groups -OCH3 is 1. The molecule has 4 atom stereocenters. The lowest BCUT2D eigenvalue weighted by Gasteiger charge is -2.39. The second-order valence-electron chi connectivity index (χ2n) is 16.4. The van der Waals surface area contributed by atoms with Crippen LogP contribution in [0.25, 0.3) is 0 Å². The Balaban J connectivity index is 1.10. The predicted molar refractivity (Wildman–Crippen MR) is 226 cm³/mol. The molecule has 3 aliphatic heterocycles. The number of hydrogen-bond donors (Lipinski definition) is 2. The van der Waals surface area contributed by atoms with Crippen LogP contribution < -0.4 is 25.0 Å². The van der Waals surface area contributed by atoms with Gasteiger partial charge in [-0.05, 0) is 97.8 Å². The van der Waals surface area contributed by atoms with Crippen LogP contribution in [0.1, 0.15) is 43.7 Å². The molecular formula is C46H58N4O5Si. The van der Waals surface area contributed by atoms with Crippen molar-refractivity contribution in [1.82, 2.24) is 10.2 Å². The molecule has 2 amide bonds. The van der Waals surface area contributed by atoms with Crippen molar-refractivity contribution in [2.75, 3.05) is 49.8 Å². The molecule has 7 rings (SSSR count). The zero-order valence-electron chi connectivity index (χ0n) is 33.4. The van der Waals surface area contributed by atoms with Gasteiger partial charge < -0.3 is 29.7 Å². The van der Waals surface area contributed by atoms with Crippen molar-refractivity contribution in [2.24, 2.45) is 5.92 Å². The zero-order chi connectivity index (χ0) is 39.3. The van der Waals surface area contributed by atoms with E-state index in [9.17, 15) is 14.7 Å². The van der Waals surface area contributed by atoms with Gasteiger partial charge in [-0.15, -0.1) is 0 Å². The summed E-state index contributed by atoms with van der Waals surface area (Å²) in [6.07, 6.45) is 3.15. The Morgan fingerprint density at radius 2 is 1.57 bits per heavy atom. The Morgan fingerprint density at radius 3 is 2.25 bits per heavy atom. The minimum Gasteiger partial charge on any atom is -0.497 e. The molecule has 0 radical (unpaired) electrons. The standard InChI is InChI=1S/C46H58N4O5Si/c1-34-41(23-18-35-14-11-17-38(30-35)49-33-50(37-15-9-6-10-16-37)46(45(49)53)24-26-47-27-25-46)55-42(44(34)56(3,4)40-21-19-39(54-2)20-22-40)31-43(52)48(28-29-51)32-36-12-7-5-8-13-36/h5-17,19-22,30,34,41-42,44,47,51H,18,23-29,31-33H2,1-4H3/t34-,41+,42-,44+/m0/s1. The van der Waals surface area contributed by atoms with Crippen molar-refractivity contribution in [1.29, 1.82) is 0 Å². The van der Waals surface area contributed by atoms with Gasteiger partial charge >= 0.3 is 0 Å². The molecule has 0 bridgehead atoms. The van der Waals surface area contributed by atoms with Gasteiger partial charge in [-0.1, -0.05) is 98.0 Å². The van der Waals surface area contributed by atoms with Gasteiger partial charge in [-0.25, -0.2) is 0 Å². The van der Waals surface area contributed by atoms with Crippen molar-refractivity contribution in [3.05, 3.63) is 120 Å². The van der Waals surface area contributed by atoms with E-state index < -0.39 is 13.6 Å². The van der Waals surface area contributed by atoms with Gasteiger partial charge in [-0.2, -0.15) is 0 Å². The molecule has 0 saturated carbocycles. The van der Waals surface area contributed by atoms with E-state index in [0.29, 0.717) is 13.2 Å². The zero-order valence-corrected chi connectivity index (χ0v) is 34.4. The van der Waals surface area contributed by atoms with Crippen molar-refractivity contribution < 1.29 is 24.2 Å². The second-order valence-corrected chi connectivity index (χ2v) is 21.1. The summed E-state index contributed by atoms with van der Waals surface area (Å²) in [7, 11) is -0.507. The number of hydrogen-bond acceptors (Lipinski definition) is 7. The molecule has 3 saturated heterocycles. The Hall–Kier alpha value is -4.48. The summed E-state index contributed by atoms with van der Waals surface area (Å²) in [6, 6.07) is 37.2. The molecule has 3 fully saturated rings. The number of amides is 2. The number of benzene rings is 4. The number of rotatable bonds is 14. The highest BCUT2D eigenvalue weighted by Gasteiger charge is 2.54. The first-order chi connectivity index (χ1) is 27.1. The number of piperidine rings is 1. The van der Waals surface area contributed by atoms with E-state index in [4.69, 9.17) is 9.47 Å². The lowest BCUT2D eigenvalue weighted by molar-refractivity contribution is -0.135. The molecule has 0 aliphatic carbocycles. The van der Waals surface area contributed by atoms with Gasteiger partial charge in [-0.3, -0.25) is 14.5 Å². The SMILES string of the molecule is COc1ccc([Si](C)(C)[C@@H]2[C@@H](C)[C@@H](CCc3cccc(N4CN(c5ccccc5)C5(CCNCC5)C4=O)c3)O[C@H]2CC(=O)N(CCO)Cc2ccccc2)cc1. The maximum absolute atomic E-state index is 14.4. The van der Waals surface area contributed by atoms with Crippen LogP contribution in [-0.4, -0.2) is 87.7 Å². The van der Waals surface area contributed by atoms with Crippen LogP contribution in [0, 0.1) is 5.92 Å². The van der Waals surface area contributed by atoms with E-state index in [1.54, 1.807) is 12.0 Å². The van der Waals surface area contributed by atoms with Crippen molar-refractivity contribution in [2.45, 2.75) is 82.0 Å². The maximum Gasteiger partial charge on any atom is 0.254 e. The lowest BCUT2D eigenvalue weighted by atomic mass is 9.86. The smallest absolute Gasteiger partial charge is 0.254 e. The number of nitrogens with zero attached hydrogens (tertiary/aromatic N) is 3. The molecular weight excluding hydrogens is 717 g/mol. The van der Waals surface area contributed by atoms with E-state index >= 15 is 0 Å². The number of carbonyl (C=O) groups is 2. The molecule has 1 spiro atoms. The molecule has 56 heavy (non-hydrogen) atoms. The number of para-hydroxylation sites is 1. The van der Waals surface area contributed by atoms with E-state index in [-0.39, 0.29) is 55.1 Å². The van der Waals surface area contributed by atoms with E-state index in [2.05, 4.69) is 78.8 Å². The first kappa shape index (κ1) is 39.7. The second kappa shape index (κ2) is 17.3. The van der Waals surface area contributed by atoms with E-state index in [1.807, 2.05) is 65.6 Å². The van der Waals surface area contributed by atoms with E-state index in [0.717, 1.165) is 61.5 Å². The normalized spacial score (nSPS) is 22.1. The summed E-state index contributed by atoms with van der Waals surface area (Å²) in [5, 5.41) is 14.7. The monoisotopic (exact) mass is 774 g/mol. The Labute approximate surface area is 333 Å². The number of aliphatic hydroxyl groups is 1. The summed E-state index contributed by atoms with van der Waals surface area (Å²) in [6.45, 7) is 9.91. The number of aryl methyl sites for hydroxylation is 1. The van der Waals surface area contributed by atoms with Gasteiger partial charge in [0.05, 0.1) is 47.1 Å². The van der Waals surface area contributed by atoms with Gasteiger partial charge in [0, 0.05) is 24.5 Å². The van der Waals surface area contributed by atoms with Crippen LogP contribution in [-0.2, 0) is 27.3 Å². The van der Waals surface area contributed by atoms with Crippen LogP contribution in [0.5, 0.6) is 5.75 Å². The molecule has 3 aliphatic rings. The third kappa shape index (κ3) is 8.16. The van der Waals surface area contributed by atoms with Crippen LogP contribution in [0.15, 0.2) is 109 Å². The maximum atomic E-state index is 14.4. The van der Waals surface area contributed by atoms with Crippen molar-refractivity contribution >= 4 is 36.4 Å². The fourth-order valence-corrected chi connectivity index (χ4v) is 13.8. The number of aliphatic hydroxyl groups excluding tert-OH is 1. The fraction of sp³-hybridized carbons (Fsp3) is 0.435. The fourth-order valence-electron chi connectivity index (χ4n) is 9.72. The topological polar surface area (TPSA) is 94.6 Å². The van der Waals surface area contributed by atoms with Gasteiger partial charge in [0.1, 0.15) is 11.3 Å². The van der Waals surface area contributed by atoms with E-state index in [1.165, 1.54) is 10.8 Å². The molecule has 9 nitrogen and oxygen atoms in total. The largest absolute Gasteiger partial charge is 0.497 e. The third-order valence-electron chi connectivity index (χ3n) is 12.8. The molecule has 296 valence electrons. The summed E-state index contributed by atoms with van der Waals surface area (Å²) in [5.41, 5.74) is 3.86. The van der Waals surface area contributed by atoms with Crippen molar-refractivity contribution in [3.8, 4) is 5.75 Å². The molecule has 3 heterocycles. The quantitative estimate of drug-likeness (QED) is 0.144.